The number of nitrogens with two attached hydrogens (primary N) is 1. The van der Waals surface area contributed by atoms with Gasteiger partial charge in [0.05, 0.1) is 0 Å². The third-order valence-electron chi connectivity index (χ3n) is 3.62. The Morgan fingerprint density at radius 1 is 1.35 bits per heavy atom. The van der Waals surface area contributed by atoms with Crippen LogP contribution in [0.15, 0.2) is 6.33 Å². The Morgan fingerprint density at radius 3 is 2.71 bits per heavy atom. The highest BCUT2D eigenvalue weighted by molar-refractivity contribution is 4.99. The Kier molecular flexibility index (Phi) is 3.82. The molecule has 17 heavy (non-hydrogen) atoms. The lowest BCUT2D eigenvalue weighted by Gasteiger charge is -2.33. The Hall–Kier alpha value is -0.900. The van der Waals surface area contributed by atoms with Crippen LogP contribution in [0, 0.1) is 5.92 Å². The lowest BCUT2D eigenvalue weighted by atomic mass is 9.80. The predicted molar refractivity (Wildman–Crippen MR) is 68.6 cm³/mol. The zero-order valence-corrected chi connectivity index (χ0v) is 11.0. The van der Waals surface area contributed by atoms with Crippen LogP contribution in [0.5, 0.6) is 0 Å². The van der Waals surface area contributed by atoms with E-state index >= 15 is 0 Å². The average molecular weight is 236 g/mol. The highest BCUT2D eigenvalue weighted by atomic mass is 15.3. The Labute approximate surface area is 104 Å². The van der Waals surface area contributed by atoms with Crippen molar-refractivity contribution >= 4 is 0 Å². The summed E-state index contributed by atoms with van der Waals surface area (Å²) in [5.74, 6) is 1.67. The quantitative estimate of drug-likeness (QED) is 0.871. The molecule has 0 saturated heterocycles. The second kappa shape index (κ2) is 5.17. The maximum atomic E-state index is 6.47. The molecule has 0 bridgehead atoms. The highest BCUT2D eigenvalue weighted by Gasteiger charge is 2.29. The van der Waals surface area contributed by atoms with Crippen LogP contribution >= 0.6 is 0 Å². The van der Waals surface area contributed by atoms with Gasteiger partial charge in [0, 0.05) is 18.5 Å². The number of rotatable bonds is 4. The van der Waals surface area contributed by atoms with Crippen LogP contribution in [0.3, 0.4) is 0 Å². The van der Waals surface area contributed by atoms with Crippen molar-refractivity contribution in [1.29, 1.82) is 0 Å². The lowest BCUT2D eigenvalue weighted by Crippen LogP contribution is -2.44. The van der Waals surface area contributed by atoms with Gasteiger partial charge in [0.15, 0.2) is 0 Å². The van der Waals surface area contributed by atoms with Crippen molar-refractivity contribution in [2.75, 3.05) is 0 Å². The molecule has 0 atom stereocenters. The first kappa shape index (κ1) is 12.6. The van der Waals surface area contributed by atoms with E-state index in [1.165, 1.54) is 19.3 Å². The van der Waals surface area contributed by atoms with Crippen molar-refractivity contribution < 1.29 is 0 Å². The van der Waals surface area contributed by atoms with Crippen molar-refractivity contribution in [2.45, 2.75) is 64.5 Å². The standard InChI is InChI=1S/C13H24N4/c1-11(2)9-17-10-15-16-12(17)8-13(14)6-4-3-5-7-13/h10-11H,3-9,14H2,1-2H3. The second-order valence-electron chi connectivity index (χ2n) is 5.89. The maximum Gasteiger partial charge on any atom is 0.134 e. The molecule has 4 nitrogen and oxygen atoms in total. The summed E-state index contributed by atoms with van der Waals surface area (Å²) in [6, 6.07) is 0. The van der Waals surface area contributed by atoms with E-state index in [-0.39, 0.29) is 5.54 Å². The predicted octanol–water partition coefficient (Wildman–Crippen LogP) is 2.14. The zero-order chi connectivity index (χ0) is 12.3. The molecule has 1 aromatic rings. The summed E-state index contributed by atoms with van der Waals surface area (Å²) in [6.45, 7) is 5.41. The molecule has 1 fully saturated rings. The number of hydrogen-bond acceptors (Lipinski definition) is 3. The van der Waals surface area contributed by atoms with Crippen molar-refractivity contribution in [1.82, 2.24) is 14.8 Å². The molecule has 0 radical (unpaired) electrons. The van der Waals surface area contributed by atoms with Crippen LogP contribution in [-0.2, 0) is 13.0 Å². The van der Waals surface area contributed by atoms with E-state index in [9.17, 15) is 0 Å². The van der Waals surface area contributed by atoms with Gasteiger partial charge in [-0.3, -0.25) is 0 Å². The third kappa shape index (κ3) is 3.28. The fourth-order valence-corrected chi connectivity index (χ4v) is 2.71. The fourth-order valence-electron chi connectivity index (χ4n) is 2.71. The van der Waals surface area contributed by atoms with Gasteiger partial charge in [-0.05, 0) is 18.8 Å². The average Bonchev–Trinajstić information content (AvgIpc) is 2.65. The van der Waals surface area contributed by atoms with Crippen LogP contribution < -0.4 is 5.73 Å². The summed E-state index contributed by atoms with van der Waals surface area (Å²) >= 11 is 0. The minimum atomic E-state index is -0.0417. The number of aromatic nitrogens is 3. The normalized spacial score (nSPS) is 19.8. The first-order chi connectivity index (χ1) is 8.09. The van der Waals surface area contributed by atoms with E-state index < -0.39 is 0 Å². The summed E-state index contributed by atoms with van der Waals surface area (Å²) in [5, 5.41) is 8.27. The molecule has 4 heteroatoms. The minimum Gasteiger partial charge on any atom is -0.325 e. The molecular weight excluding hydrogens is 212 g/mol. The summed E-state index contributed by atoms with van der Waals surface area (Å²) < 4.78 is 2.16. The van der Waals surface area contributed by atoms with Crippen molar-refractivity contribution in [3.05, 3.63) is 12.2 Å². The second-order valence-corrected chi connectivity index (χ2v) is 5.89. The van der Waals surface area contributed by atoms with E-state index in [1.54, 1.807) is 0 Å². The molecular formula is C13H24N4. The van der Waals surface area contributed by atoms with E-state index in [1.807, 2.05) is 6.33 Å². The molecule has 1 heterocycles. The van der Waals surface area contributed by atoms with Crippen LogP contribution in [-0.4, -0.2) is 20.3 Å². The molecule has 2 rings (SSSR count). The smallest absolute Gasteiger partial charge is 0.134 e. The minimum absolute atomic E-state index is 0.0417. The summed E-state index contributed by atoms with van der Waals surface area (Å²) in [5.41, 5.74) is 6.43. The molecule has 1 saturated carbocycles. The van der Waals surface area contributed by atoms with Gasteiger partial charge in [-0.25, -0.2) is 0 Å². The molecule has 1 aliphatic carbocycles. The largest absolute Gasteiger partial charge is 0.325 e. The van der Waals surface area contributed by atoms with Crippen LogP contribution in [0.1, 0.15) is 51.8 Å². The third-order valence-corrected chi connectivity index (χ3v) is 3.62. The topological polar surface area (TPSA) is 56.7 Å². The molecule has 0 amide bonds. The molecule has 0 aliphatic heterocycles. The summed E-state index contributed by atoms with van der Waals surface area (Å²) in [7, 11) is 0. The Morgan fingerprint density at radius 2 is 2.06 bits per heavy atom. The lowest BCUT2D eigenvalue weighted by molar-refractivity contribution is 0.285. The van der Waals surface area contributed by atoms with Gasteiger partial charge in [-0.2, -0.15) is 0 Å². The first-order valence-electron chi connectivity index (χ1n) is 6.75. The van der Waals surface area contributed by atoms with E-state index in [2.05, 4.69) is 28.6 Å². The monoisotopic (exact) mass is 236 g/mol. The van der Waals surface area contributed by atoms with Gasteiger partial charge in [-0.15, -0.1) is 10.2 Å². The molecule has 0 spiro atoms. The van der Waals surface area contributed by atoms with Crippen molar-refractivity contribution in [3.8, 4) is 0 Å². The highest BCUT2D eigenvalue weighted by Crippen LogP contribution is 2.28. The van der Waals surface area contributed by atoms with E-state index in [4.69, 9.17) is 5.73 Å². The Bertz CT molecular complexity index is 350. The van der Waals surface area contributed by atoms with Crippen molar-refractivity contribution in [2.24, 2.45) is 11.7 Å². The van der Waals surface area contributed by atoms with Gasteiger partial charge < -0.3 is 10.3 Å². The van der Waals surface area contributed by atoms with Gasteiger partial charge in [0.2, 0.25) is 0 Å². The zero-order valence-electron chi connectivity index (χ0n) is 11.0. The SMILES string of the molecule is CC(C)Cn1cnnc1CC1(N)CCCCC1. The first-order valence-corrected chi connectivity index (χ1v) is 6.75. The molecule has 2 N–H and O–H groups in total. The maximum absolute atomic E-state index is 6.47. The van der Waals surface area contributed by atoms with Crippen LogP contribution in [0.2, 0.25) is 0 Å². The molecule has 0 aromatic carbocycles. The fraction of sp³-hybridized carbons (Fsp3) is 0.846. The van der Waals surface area contributed by atoms with Gasteiger partial charge in [0.1, 0.15) is 12.2 Å². The van der Waals surface area contributed by atoms with Crippen LogP contribution in [0.25, 0.3) is 0 Å². The van der Waals surface area contributed by atoms with E-state index in [0.717, 1.165) is 31.6 Å². The number of nitrogens with zero attached hydrogens (tertiary/aromatic N) is 3. The van der Waals surface area contributed by atoms with Gasteiger partial charge >= 0.3 is 0 Å². The van der Waals surface area contributed by atoms with E-state index in [0.29, 0.717) is 5.92 Å². The molecule has 96 valence electrons. The summed E-state index contributed by atoms with van der Waals surface area (Å²) in [6.07, 6.45) is 8.81. The molecule has 1 aromatic heterocycles. The number of hydrogen-bond donors (Lipinski definition) is 1. The van der Waals surface area contributed by atoms with Gasteiger partial charge in [0.25, 0.3) is 0 Å². The molecule has 0 unspecified atom stereocenters. The molecule has 1 aliphatic rings. The summed E-state index contributed by atoms with van der Waals surface area (Å²) in [4.78, 5) is 0. The Balaban J connectivity index is 2.04. The van der Waals surface area contributed by atoms with Crippen LogP contribution in [0.4, 0.5) is 0 Å². The van der Waals surface area contributed by atoms with Crippen molar-refractivity contribution in [3.63, 3.8) is 0 Å². The van der Waals surface area contributed by atoms with Gasteiger partial charge in [-0.1, -0.05) is 33.1 Å².